The number of benzene rings is 11. The number of fused-ring (bicyclic) bond motifs is 16. The van der Waals surface area contributed by atoms with Crippen LogP contribution >= 0.6 is 0 Å². The average Bonchev–Trinajstić information content (AvgIpc) is 4.06. The Kier molecular flexibility index (Phi) is 6.36. The van der Waals surface area contributed by atoms with Crippen LogP contribution < -0.4 is 4.90 Å². The highest BCUT2D eigenvalue weighted by molar-refractivity contribution is 6.20. The zero-order chi connectivity index (χ0) is 40.9. The van der Waals surface area contributed by atoms with Gasteiger partial charge in [-0.25, -0.2) is 0 Å². The molecule has 5 heteroatoms. The van der Waals surface area contributed by atoms with Crippen LogP contribution in [0.5, 0.6) is 0 Å². The Bertz CT molecular complexity index is 4180. The predicted molar refractivity (Wildman–Crippen MR) is 260 cm³/mol. The van der Waals surface area contributed by atoms with Gasteiger partial charge in [0, 0.05) is 60.2 Å². The Morgan fingerprint density at radius 1 is 0.206 bits per heavy atom. The van der Waals surface area contributed by atoms with Gasteiger partial charge in [-0.1, -0.05) is 78.9 Å². The zero-order valence-corrected chi connectivity index (χ0v) is 33.5. The van der Waals surface area contributed by atoms with E-state index in [1.54, 1.807) is 0 Å². The molecule has 0 aliphatic rings. The summed E-state index contributed by atoms with van der Waals surface area (Å²) in [5.74, 6) is 0. The monoisotopic (exact) mass is 805 g/mol. The van der Waals surface area contributed by atoms with E-state index in [1.807, 2.05) is 0 Å². The van der Waals surface area contributed by atoms with Crippen LogP contribution in [-0.4, -0.2) is 0 Å². The number of hydrogen-bond donors (Lipinski definition) is 0. The number of nitrogens with zero attached hydrogens (tertiary/aromatic N) is 1. The molecule has 0 radical (unpaired) electrons. The molecule has 0 spiro atoms. The number of rotatable bonds is 3. The van der Waals surface area contributed by atoms with E-state index in [0.29, 0.717) is 0 Å². The van der Waals surface area contributed by atoms with Crippen molar-refractivity contribution in [3.8, 4) is 0 Å². The minimum atomic E-state index is 0.846. The summed E-state index contributed by atoms with van der Waals surface area (Å²) in [6.45, 7) is 0. The quantitative estimate of drug-likeness (QED) is 0.178. The predicted octanol–water partition coefficient (Wildman–Crippen LogP) is 17.4. The van der Waals surface area contributed by atoms with Gasteiger partial charge in [-0.2, -0.15) is 0 Å². The van der Waals surface area contributed by atoms with E-state index < -0.39 is 0 Å². The number of hydrogen-bond acceptors (Lipinski definition) is 5. The van der Waals surface area contributed by atoms with Gasteiger partial charge < -0.3 is 22.6 Å². The van der Waals surface area contributed by atoms with Crippen molar-refractivity contribution in [3.05, 3.63) is 188 Å². The number of anilines is 3. The van der Waals surface area contributed by atoms with E-state index in [0.717, 1.165) is 126 Å². The van der Waals surface area contributed by atoms with Crippen molar-refractivity contribution in [1.29, 1.82) is 0 Å². The number of furan rings is 4. The summed E-state index contributed by atoms with van der Waals surface area (Å²) in [4.78, 5) is 2.32. The minimum Gasteiger partial charge on any atom is -0.456 e. The van der Waals surface area contributed by atoms with Crippen LogP contribution in [0.1, 0.15) is 0 Å². The maximum atomic E-state index is 6.63. The first-order valence-corrected chi connectivity index (χ1v) is 21.3. The van der Waals surface area contributed by atoms with E-state index in [4.69, 9.17) is 17.7 Å². The SMILES string of the molecule is c1ccc(N(c2ccc3cc4c(cc3c2)oc2cc3c(cc24)oc2cc4ccccc4cc23)c2ccc3cc4c(cc3c2)oc2cc3c(cc24)oc2cc4ccccc4cc23)cc1. The standard InChI is InChI=1S/C58H31NO4/c1-2-12-40(13-3-1)59(41-16-14-36-22-45-49-30-55-47(28-57(49)62-53(45)26-38(36)18-41)43-20-32-8-4-6-10-34(32)24-51(43)60-55)42-17-15-37-23-46-50-31-56-48(29-58(50)63-54(46)27-39(37)19-42)44-21-33-9-5-7-11-35(33)25-52(44)61-56/h1-31H. The molecule has 11 aromatic carbocycles. The molecule has 63 heavy (non-hydrogen) atoms. The summed E-state index contributed by atoms with van der Waals surface area (Å²) in [7, 11) is 0. The minimum absolute atomic E-state index is 0.846. The third-order valence-electron chi connectivity index (χ3n) is 13.3. The molecule has 4 aromatic heterocycles. The molecular formula is C58H31NO4. The van der Waals surface area contributed by atoms with Gasteiger partial charge in [0.25, 0.3) is 0 Å². The average molecular weight is 806 g/mol. The van der Waals surface area contributed by atoms with Gasteiger partial charge in [0.15, 0.2) is 0 Å². The molecule has 0 aliphatic carbocycles. The molecule has 5 nitrogen and oxygen atoms in total. The van der Waals surface area contributed by atoms with Crippen LogP contribution in [-0.2, 0) is 0 Å². The van der Waals surface area contributed by atoms with Gasteiger partial charge >= 0.3 is 0 Å². The van der Waals surface area contributed by atoms with Crippen molar-refractivity contribution in [2.24, 2.45) is 0 Å². The van der Waals surface area contributed by atoms with Gasteiger partial charge in [-0.15, -0.1) is 0 Å². The van der Waals surface area contributed by atoms with Crippen LogP contribution in [0.25, 0.3) is 131 Å². The Labute approximate surface area is 357 Å². The molecular weight excluding hydrogens is 775 g/mol. The summed E-state index contributed by atoms with van der Waals surface area (Å²) < 4.78 is 26.1. The molecule has 4 heterocycles. The second-order valence-electron chi connectivity index (χ2n) is 16.9. The largest absolute Gasteiger partial charge is 0.456 e. The van der Waals surface area contributed by atoms with Crippen molar-refractivity contribution in [2.75, 3.05) is 4.90 Å². The molecule has 0 aliphatic heterocycles. The van der Waals surface area contributed by atoms with Crippen LogP contribution in [0.3, 0.4) is 0 Å². The smallest absolute Gasteiger partial charge is 0.136 e. The van der Waals surface area contributed by atoms with Gasteiger partial charge in [0.2, 0.25) is 0 Å². The lowest BCUT2D eigenvalue weighted by molar-refractivity contribution is 0.664. The fraction of sp³-hybridized carbons (Fsp3) is 0. The van der Waals surface area contributed by atoms with Crippen molar-refractivity contribution in [3.63, 3.8) is 0 Å². The second kappa shape index (κ2) is 12.1. The lowest BCUT2D eigenvalue weighted by atomic mass is 10.0. The van der Waals surface area contributed by atoms with Gasteiger partial charge in [-0.05, 0) is 152 Å². The molecule has 0 saturated carbocycles. The normalized spacial score (nSPS) is 12.4. The molecule has 15 rings (SSSR count). The summed E-state index contributed by atoms with van der Waals surface area (Å²) in [6, 6.07) is 66.8. The third-order valence-corrected chi connectivity index (χ3v) is 13.3. The van der Waals surface area contributed by atoms with Crippen molar-refractivity contribution < 1.29 is 17.7 Å². The first-order chi connectivity index (χ1) is 31.1. The van der Waals surface area contributed by atoms with Crippen LogP contribution in [0, 0.1) is 0 Å². The van der Waals surface area contributed by atoms with E-state index in [1.165, 1.54) is 21.5 Å². The number of para-hydroxylation sites is 1. The van der Waals surface area contributed by atoms with Crippen molar-refractivity contribution in [2.45, 2.75) is 0 Å². The molecule has 0 N–H and O–H groups in total. The molecule has 0 unspecified atom stereocenters. The Morgan fingerprint density at radius 2 is 0.492 bits per heavy atom. The highest BCUT2D eigenvalue weighted by atomic mass is 16.3. The summed E-state index contributed by atoms with van der Waals surface area (Å²) in [5.41, 5.74) is 10.0. The fourth-order valence-electron chi connectivity index (χ4n) is 10.2. The molecule has 0 saturated heterocycles. The van der Waals surface area contributed by atoms with E-state index >= 15 is 0 Å². The Morgan fingerprint density at radius 3 is 0.873 bits per heavy atom. The van der Waals surface area contributed by atoms with E-state index in [2.05, 4.69) is 193 Å². The zero-order valence-electron chi connectivity index (χ0n) is 33.5. The maximum Gasteiger partial charge on any atom is 0.136 e. The maximum absolute atomic E-state index is 6.63. The lowest BCUT2D eigenvalue weighted by Gasteiger charge is -2.26. The van der Waals surface area contributed by atoms with Crippen molar-refractivity contribution in [1.82, 2.24) is 0 Å². The second-order valence-corrected chi connectivity index (χ2v) is 16.9. The summed E-state index contributed by atoms with van der Waals surface area (Å²) >= 11 is 0. The fourth-order valence-corrected chi connectivity index (χ4v) is 10.2. The van der Waals surface area contributed by atoms with Gasteiger partial charge in [0.1, 0.15) is 44.7 Å². The van der Waals surface area contributed by atoms with Crippen LogP contribution in [0.2, 0.25) is 0 Å². The molecule has 292 valence electrons. The molecule has 0 fully saturated rings. The van der Waals surface area contributed by atoms with Crippen LogP contribution in [0.15, 0.2) is 206 Å². The first kappa shape index (κ1) is 33.2. The van der Waals surface area contributed by atoms with E-state index in [-0.39, 0.29) is 0 Å². The highest BCUT2D eigenvalue weighted by Gasteiger charge is 2.19. The summed E-state index contributed by atoms with van der Waals surface area (Å²) in [6.07, 6.45) is 0. The van der Waals surface area contributed by atoms with E-state index in [9.17, 15) is 0 Å². The molecule has 0 atom stereocenters. The summed E-state index contributed by atoms with van der Waals surface area (Å²) in [5, 5.41) is 17.7. The molecule has 15 aromatic rings. The molecule has 0 bridgehead atoms. The first-order valence-electron chi connectivity index (χ1n) is 21.3. The van der Waals surface area contributed by atoms with Gasteiger partial charge in [0.05, 0.1) is 0 Å². The highest BCUT2D eigenvalue weighted by Crippen LogP contribution is 2.44. The van der Waals surface area contributed by atoms with Crippen molar-refractivity contribution >= 4 is 148 Å². The Balaban J connectivity index is 0.846. The lowest BCUT2D eigenvalue weighted by Crippen LogP contribution is -2.09. The molecule has 0 amide bonds. The van der Waals surface area contributed by atoms with Gasteiger partial charge in [-0.3, -0.25) is 0 Å². The topological polar surface area (TPSA) is 55.8 Å². The third kappa shape index (κ3) is 4.82. The van der Waals surface area contributed by atoms with Crippen LogP contribution in [0.4, 0.5) is 17.1 Å². The Hall–Kier alpha value is -8.54.